The van der Waals surface area contributed by atoms with Crippen molar-refractivity contribution in [1.82, 2.24) is 4.90 Å². The highest BCUT2D eigenvalue weighted by Gasteiger charge is 2.22. The maximum Gasteiger partial charge on any atom is 0.234 e. The quantitative estimate of drug-likeness (QED) is 0.666. The van der Waals surface area contributed by atoms with Gasteiger partial charge in [0.1, 0.15) is 0 Å². The summed E-state index contributed by atoms with van der Waals surface area (Å²) in [5.74, 6) is 2.38. The van der Waals surface area contributed by atoms with Crippen molar-refractivity contribution in [3.05, 3.63) is 0 Å². The topological polar surface area (TPSA) is 49.8 Å². The molecule has 1 heterocycles. The predicted octanol–water partition coefficient (Wildman–Crippen LogP) is 0.00960. The molecule has 0 unspecified atom stereocenters. The number of rotatable bonds is 4. The summed E-state index contributed by atoms with van der Waals surface area (Å²) in [6.07, 6.45) is 7.09. The Bertz CT molecular complexity index is 239. The summed E-state index contributed by atoms with van der Waals surface area (Å²) in [7, 11) is 0. The largest absolute Gasteiger partial charge is 0.394 e. The van der Waals surface area contributed by atoms with E-state index in [2.05, 4.69) is 5.92 Å². The molecule has 1 aliphatic rings. The zero-order valence-corrected chi connectivity index (χ0v) is 8.82. The summed E-state index contributed by atoms with van der Waals surface area (Å²) < 4.78 is 5.39. The number of likely N-dealkylation sites (tertiary alicyclic amines) is 1. The van der Waals surface area contributed by atoms with E-state index in [1.807, 2.05) is 0 Å². The minimum atomic E-state index is 0.0260. The van der Waals surface area contributed by atoms with Gasteiger partial charge >= 0.3 is 0 Å². The van der Waals surface area contributed by atoms with Gasteiger partial charge < -0.3 is 14.7 Å². The average Bonchev–Trinajstić information content (AvgIpc) is 2.27. The smallest absolute Gasteiger partial charge is 0.234 e. The Morgan fingerprint density at radius 2 is 2.20 bits per heavy atom. The van der Waals surface area contributed by atoms with Gasteiger partial charge in [-0.1, -0.05) is 5.92 Å². The first-order valence-electron chi connectivity index (χ1n) is 5.21. The summed E-state index contributed by atoms with van der Waals surface area (Å²) >= 11 is 0. The van der Waals surface area contributed by atoms with Crippen molar-refractivity contribution in [1.29, 1.82) is 0 Å². The van der Waals surface area contributed by atoms with Crippen molar-refractivity contribution < 1.29 is 14.6 Å². The summed E-state index contributed by atoms with van der Waals surface area (Å²) in [5.41, 5.74) is 0. The Balaban J connectivity index is 2.24. The molecule has 0 bridgehead atoms. The van der Waals surface area contributed by atoms with Gasteiger partial charge in [0.2, 0.25) is 5.91 Å². The highest BCUT2D eigenvalue weighted by molar-refractivity contribution is 5.78. The van der Waals surface area contributed by atoms with Crippen LogP contribution >= 0.6 is 0 Å². The summed E-state index contributed by atoms with van der Waals surface area (Å²) in [6, 6.07) is 0. The molecule has 1 aliphatic heterocycles. The van der Waals surface area contributed by atoms with Crippen LogP contribution < -0.4 is 0 Å². The van der Waals surface area contributed by atoms with Crippen molar-refractivity contribution in [2.24, 2.45) is 0 Å². The molecule has 84 valence electrons. The van der Waals surface area contributed by atoms with E-state index in [1.165, 1.54) is 0 Å². The number of nitrogens with zero attached hydrogens (tertiary/aromatic N) is 1. The minimum absolute atomic E-state index is 0.0260. The zero-order chi connectivity index (χ0) is 11.1. The van der Waals surface area contributed by atoms with E-state index >= 15 is 0 Å². The number of aliphatic hydroxyl groups excluding tert-OH is 1. The zero-order valence-electron chi connectivity index (χ0n) is 8.82. The number of piperidine rings is 1. The average molecular weight is 211 g/mol. The van der Waals surface area contributed by atoms with Gasteiger partial charge in [-0.05, 0) is 12.8 Å². The van der Waals surface area contributed by atoms with Crippen LogP contribution in [-0.4, -0.2) is 48.3 Å². The SMILES string of the molecule is C#CCC(=O)N1CCC(OCCO)CC1. The molecule has 4 nitrogen and oxygen atoms in total. The van der Waals surface area contributed by atoms with E-state index in [0.29, 0.717) is 19.7 Å². The fourth-order valence-corrected chi connectivity index (χ4v) is 1.69. The van der Waals surface area contributed by atoms with E-state index in [0.717, 1.165) is 12.8 Å². The second-order valence-corrected chi connectivity index (χ2v) is 3.56. The van der Waals surface area contributed by atoms with Crippen molar-refractivity contribution in [2.45, 2.75) is 25.4 Å². The summed E-state index contributed by atoms with van der Waals surface area (Å²) in [5, 5.41) is 8.60. The number of ether oxygens (including phenoxy) is 1. The van der Waals surface area contributed by atoms with Gasteiger partial charge in [0, 0.05) is 13.1 Å². The van der Waals surface area contributed by atoms with E-state index < -0.39 is 0 Å². The fourth-order valence-electron chi connectivity index (χ4n) is 1.69. The third kappa shape index (κ3) is 3.90. The molecule has 0 spiro atoms. The van der Waals surface area contributed by atoms with Crippen molar-refractivity contribution in [3.63, 3.8) is 0 Å². The lowest BCUT2D eigenvalue weighted by Gasteiger charge is -2.31. The number of aliphatic hydroxyl groups is 1. The molecule has 0 aromatic carbocycles. The van der Waals surface area contributed by atoms with Gasteiger partial charge in [-0.3, -0.25) is 4.79 Å². The van der Waals surface area contributed by atoms with Crippen LogP contribution in [0.1, 0.15) is 19.3 Å². The van der Waals surface area contributed by atoms with E-state index in [9.17, 15) is 4.79 Å². The van der Waals surface area contributed by atoms with Gasteiger partial charge in [-0.2, -0.15) is 0 Å². The van der Waals surface area contributed by atoms with Crippen LogP contribution in [0.25, 0.3) is 0 Å². The van der Waals surface area contributed by atoms with Gasteiger partial charge in [0.05, 0.1) is 25.7 Å². The van der Waals surface area contributed by atoms with Crippen LogP contribution in [0.5, 0.6) is 0 Å². The molecular weight excluding hydrogens is 194 g/mol. The van der Waals surface area contributed by atoms with E-state index in [1.54, 1.807) is 4.90 Å². The van der Waals surface area contributed by atoms with Crippen LogP contribution in [0.4, 0.5) is 0 Å². The summed E-state index contributed by atoms with van der Waals surface area (Å²) in [6.45, 7) is 1.84. The number of carbonyl (C=O) groups excluding carboxylic acids is 1. The molecule has 4 heteroatoms. The molecule has 0 saturated carbocycles. The maximum absolute atomic E-state index is 11.4. The number of hydrogen-bond donors (Lipinski definition) is 1. The second kappa shape index (κ2) is 6.44. The van der Waals surface area contributed by atoms with E-state index in [-0.39, 0.29) is 25.0 Å². The van der Waals surface area contributed by atoms with Crippen molar-refractivity contribution >= 4 is 5.91 Å². The number of carbonyl (C=O) groups is 1. The molecule has 0 atom stereocenters. The standard InChI is InChI=1S/C11H17NO3/c1-2-3-11(14)12-6-4-10(5-7-12)15-9-8-13/h1,10,13H,3-9H2. The first-order valence-corrected chi connectivity index (χ1v) is 5.21. The molecule has 1 fully saturated rings. The third-order valence-corrected chi connectivity index (χ3v) is 2.49. The Kier molecular flexibility index (Phi) is 5.16. The fraction of sp³-hybridized carbons (Fsp3) is 0.727. The Morgan fingerprint density at radius 1 is 1.53 bits per heavy atom. The monoisotopic (exact) mass is 211 g/mol. The molecule has 0 aromatic heterocycles. The molecule has 1 amide bonds. The van der Waals surface area contributed by atoms with Gasteiger partial charge in [-0.15, -0.1) is 6.42 Å². The maximum atomic E-state index is 11.4. The van der Waals surface area contributed by atoms with Crippen LogP contribution in [-0.2, 0) is 9.53 Å². The number of terminal acetylenes is 1. The van der Waals surface area contributed by atoms with Gasteiger partial charge in [0.15, 0.2) is 0 Å². The van der Waals surface area contributed by atoms with Crippen LogP contribution in [0.15, 0.2) is 0 Å². The Hall–Kier alpha value is -1.05. The Morgan fingerprint density at radius 3 is 2.73 bits per heavy atom. The normalized spacial score (nSPS) is 17.5. The van der Waals surface area contributed by atoms with Gasteiger partial charge in [0.25, 0.3) is 0 Å². The molecule has 0 aromatic rings. The van der Waals surface area contributed by atoms with Gasteiger partial charge in [-0.25, -0.2) is 0 Å². The first-order chi connectivity index (χ1) is 7.27. The number of amides is 1. The molecule has 1 saturated heterocycles. The molecule has 1 rings (SSSR count). The molecular formula is C11H17NO3. The second-order valence-electron chi connectivity index (χ2n) is 3.56. The van der Waals surface area contributed by atoms with Crippen LogP contribution in [0, 0.1) is 12.3 Å². The summed E-state index contributed by atoms with van der Waals surface area (Å²) in [4.78, 5) is 13.2. The van der Waals surface area contributed by atoms with Crippen LogP contribution in [0.2, 0.25) is 0 Å². The van der Waals surface area contributed by atoms with Crippen LogP contribution in [0.3, 0.4) is 0 Å². The lowest BCUT2D eigenvalue weighted by Crippen LogP contribution is -2.40. The number of hydrogen-bond acceptors (Lipinski definition) is 3. The lowest BCUT2D eigenvalue weighted by molar-refractivity contribution is -0.132. The molecule has 0 aliphatic carbocycles. The lowest BCUT2D eigenvalue weighted by atomic mass is 10.1. The first kappa shape index (κ1) is 12.0. The molecule has 1 N–H and O–H groups in total. The van der Waals surface area contributed by atoms with E-state index in [4.69, 9.17) is 16.3 Å². The minimum Gasteiger partial charge on any atom is -0.394 e. The third-order valence-electron chi connectivity index (χ3n) is 2.49. The highest BCUT2D eigenvalue weighted by Crippen LogP contribution is 2.14. The Labute approximate surface area is 90.2 Å². The highest BCUT2D eigenvalue weighted by atomic mass is 16.5. The predicted molar refractivity (Wildman–Crippen MR) is 56.1 cm³/mol. The molecule has 0 radical (unpaired) electrons. The molecule has 15 heavy (non-hydrogen) atoms. The van der Waals surface area contributed by atoms with Crippen molar-refractivity contribution in [2.75, 3.05) is 26.3 Å². The van der Waals surface area contributed by atoms with Crippen molar-refractivity contribution in [3.8, 4) is 12.3 Å².